The highest BCUT2D eigenvalue weighted by molar-refractivity contribution is 5.94. The van der Waals surface area contributed by atoms with Crippen LogP contribution in [0.4, 0.5) is 9.18 Å². The van der Waals surface area contributed by atoms with Crippen LogP contribution in [0.2, 0.25) is 0 Å². The zero-order valence-corrected chi connectivity index (χ0v) is 17.1. The number of urea groups is 1. The second kappa shape index (κ2) is 11.1. The van der Waals surface area contributed by atoms with E-state index >= 15 is 0 Å². The summed E-state index contributed by atoms with van der Waals surface area (Å²) in [5, 5.41) is 8.76. The molecule has 7 heteroatoms. The number of hydrogen-bond donors (Lipinski definition) is 3. The van der Waals surface area contributed by atoms with Crippen LogP contribution in [0.15, 0.2) is 24.3 Å². The molecule has 0 aromatic heterocycles. The van der Waals surface area contributed by atoms with Gasteiger partial charge in [-0.05, 0) is 62.9 Å². The fourth-order valence-electron chi connectivity index (χ4n) is 4.33. The fourth-order valence-corrected chi connectivity index (χ4v) is 4.33. The summed E-state index contributed by atoms with van der Waals surface area (Å²) in [4.78, 5) is 26.7. The number of amides is 3. The van der Waals surface area contributed by atoms with Gasteiger partial charge in [0, 0.05) is 37.3 Å². The molecule has 1 aliphatic carbocycles. The maximum Gasteiger partial charge on any atom is 0.315 e. The van der Waals surface area contributed by atoms with Crippen LogP contribution in [0.5, 0.6) is 0 Å². The molecule has 29 heavy (non-hydrogen) atoms. The van der Waals surface area contributed by atoms with Gasteiger partial charge in [-0.15, -0.1) is 0 Å². The van der Waals surface area contributed by atoms with Crippen LogP contribution in [0.1, 0.15) is 61.7 Å². The zero-order valence-electron chi connectivity index (χ0n) is 17.1. The van der Waals surface area contributed by atoms with E-state index in [1.54, 1.807) is 0 Å². The predicted molar refractivity (Wildman–Crippen MR) is 111 cm³/mol. The Balaban J connectivity index is 1.28. The van der Waals surface area contributed by atoms with Crippen molar-refractivity contribution in [2.75, 3.05) is 26.2 Å². The highest BCUT2D eigenvalue weighted by atomic mass is 19.1. The van der Waals surface area contributed by atoms with Crippen molar-refractivity contribution < 1.29 is 14.0 Å². The lowest BCUT2D eigenvalue weighted by atomic mass is 9.92. The molecule has 1 aromatic rings. The van der Waals surface area contributed by atoms with Crippen LogP contribution < -0.4 is 16.0 Å². The van der Waals surface area contributed by atoms with Crippen molar-refractivity contribution >= 4 is 11.9 Å². The summed E-state index contributed by atoms with van der Waals surface area (Å²) in [5.74, 6) is -0.601. The Morgan fingerprint density at radius 2 is 1.69 bits per heavy atom. The summed E-state index contributed by atoms with van der Waals surface area (Å²) >= 11 is 0. The number of halogens is 1. The molecule has 2 aliphatic rings. The third-order valence-corrected chi connectivity index (χ3v) is 5.91. The molecular weight excluding hydrogens is 371 g/mol. The molecular formula is C22H33FN4O2. The Labute approximate surface area is 172 Å². The normalized spacial score (nSPS) is 20.8. The Morgan fingerprint density at radius 1 is 0.966 bits per heavy atom. The summed E-state index contributed by atoms with van der Waals surface area (Å²) in [7, 11) is 0. The third-order valence-electron chi connectivity index (χ3n) is 5.91. The molecule has 3 N–H and O–H groups in total. The van der Waals surface area contributed by atoms with Crippen LogP contribution in [0.3, 0.4) is 0 Å². The number of rotatable bonds is 7. The highest BCUT2D eigenvalue weighted by Gasteiger charge is 2.27. The van der Waals surface area contributed by atoms with Crippen LogP contribution >= 0.6 is 0 Å². The number of carbonyl (C=O) groups is 2. The monoisotopic (exact) mass is 404 g/mol. The largest absolute Gasteiger partial charge is 0.352 e. The predicted octanol–water partition coefficient (Wildman–Crippen LogP) is 3.04. The lowest BCUT2D eigenvalue weighted by molar-refractivity contribution is 0.0953. The Bertz CT molecular complexity index is 661. The first-order chi connectivity index (χ1) is 14.1. The summed E-state index contributed by atoms with van der Waals surface area (Å²) in [5.41, 5.74) is 0.428. The first-order valence-electron chi connectivity index (χ1n) is 10.9. The van der Waals surface area contributed by atoms with Gasteiger partial charge in [0.05, 0.1) is 0 Å². The Morgan fingerprint density at radius 3 is 2.45 bits per heavy atom. The maximum atomic E-state index is 12.9. The van der Waals surface area contributed by atoms with Gasteiger partial charge in [0.2, 0.25) is 0 Å². The van der Waals surface area contributed by atoms with Crippen LogP contribution in [0.25, 0.3) is 0 Å². The lowest BCUT2D eigenvalue weighted by Gasteiger charge is -2.40. The number of benzene rings is 1. The van der Waals surface area contributed by atoms with Gasteiger partial charge in [-0.3, -0.25) is 9.69 Å². The van der Waals surface area contributed by atoms with E-state index in [0.717, 1.165) is 25.9 Å². The summed E-state index contributed by atoms with van der Waals surface area (Å²) in [6.07, 6.45) is 9.42. The molecule has 1 aromatic carbocycles. The number of nitrogens with one attached hydrogen (secondary N) is 3. The van der Waals surface area contributed by atoms with E-state index in [2.05, 4.69) is 20.9 Å². The molecule has 3 rings (SSSR count). The minimum Gasteiger partial charge on any atom is -0.352 e. The molecule has 1 heterocycles. The minimum atomic E-state index is -0.364. The smallest absolute Gasteiger partial charge is 0.315 e. The average molecular weight is 405 g/mol. The van der Waals surface area contributed by atoms with E-state index in [0.29, 0.717) is 31.1 Å². The van der Waals surface area contributed by atoms with Crippen molar-refractivity contribution in [3.8, 4) is 0 Å². The van der Waals surface area contributed by atoms with Crippen LogP contribution in [-0.4, -0.2) is 55.1 Å². The van der Waals surface area contributed by atoms with E-state index in [4.69, 9.17) is 0 Å². The first kappa shape index (κ1) is 21.6. The molecule has 1 saturated carbocycles. The number of piperidine rings is 1. The van der Waals surface area contributed by atoms with Crippen molar-refractivity contribution in [2.24, 2.45) is 0 Å². The van der Waals surface area contributed by atoms with Crippen molar-refractivity contribution in [1.82, 2.24) is 20.9 Å². The van der Waals surface area contributed by atoms with Crippen molar-refractivity contribution in [3.05, 3.63) is 35.6 Å². The van der Waals surface area contributed by atoms with E-state index in [1.165, 1.54) is 56.4 Å². The zero-order chi connectivity index (χ0) is 20.5. The molecule has 3 amide bonds. The molecule has 2 fully saturated rings. The molecule has 0 spiro atoms. The van der Waals surface area contributed by atoms with Gasteiger partial charge in [0.15, 0.2) is 0 Å². The van der Waals surface area contributed by atoms with Gasteiger partial charge >= 0.3 is 6.03 Å². The van der Waals surface area contributed by atoms with Crippen molar-refractivity contribution in [3.63, 3.8) is 0 Å². The molecule has 1 unspecified atom stereocenters. The van der Waals surface area contributed by atoms with Gasteiger partial charge in [0.25, 0.3) is 5.91 Å². The van der Waals surface area contributed by atoms with Crippen molar-refractivity contribution in [1.29, 1.82) is 0 Å². The molecule has 0 radical (unpaired) electrons. The minimum absolute atomic E-state index is 0.134. The lowest BCUT2D eigenvalue weighted by Crippen LogP contribution is -2.53. The fraction of sp³-hybridized carbons (Fsp3) is 0.636. The second-order valence-corrected chi connectivity index (χ2v) is 8.14. The maximum absolute atomic E-state index is 12.9. The quantitative estimate of drug-likeness (QED) is 0.612. The Hall–Kier alpha value is -2.15. The van der Waals surface area contributed by atoms with Gasteiger partial charge < -0.3 is 16.0 Å². The van der Waals surface area contributed by atoms with Gasteiger partial charge in [-0.25, -0.2) is 9.18 Å². The van der Waals surface area contributed by atoms with Crippen LogP contribution in [-0.2, 0) is 0 Å². The van der Waals surface area contributed by atoms with E-state index in [-0.39, 0.29) is 23.8 Å². The summed E-state index contributed by atoms with van der Waals surface area (Å²) in [6.45, 7) is 3.05. The van der Waals surface area contributed by atoms with E-state index in [1.807, 2.05) is 0 Å². The van der Waals surface area contributed by atoms with Gasteiger partial charge in [-0.1, -0.05) is 19.3 Å². The molecule has 6 nitrogen and oxygen atoms in total. The standard InChI is InChI=1S/C22H33FN4O2/c23-18-11-9-17(10-12-18)21(28)24-13-5-14-25-22(29)26-19-6-4-15-27(16-19)20-7-2-1-3-8-20/h9-12,19-20H,1-8,13-16H2,(H,24,28)(H2,25,26,29). The molecule has 0 bridgehead atoms. The first-order valence-corrected chi connectivity index (χ1v) is 10.9. The number of nitrogens with zero attached hydrogens (tertiary/aromatic N) is 1. The molecule has 160 valence electrons. The van der Waals surface area contributed by atoms with Gasteiger partial charge in [-0.2, -0.15) is 0 Å². The topological polar surface area (TPSA) is 73.5 Å². The average Bonchev–Trinajstić information content (AvgIpc) is 2.74. The van der Waals surface area contributed by atoms with Gasteiger partial charge in [0.1, 0.15) is 5.82 Å². The summed E-state index contributed by atoms with van der Waals surface area (Å²) < 4.78 is 12.9. The summed E-state index contributed by atoms with van der Waals surface area (Å²) in [6, 6.07) is 6.22. The van der Waals surface area contributed by atoms with Crippen LogP contribution in [0, 0.1) is 5.82 Å². The molecule has 1 atom stereocenters. The van der Waals surface area contributed by atoms with Crippen molar-refractivity contribution in [2.45, 2.75) is 63.5 Å². The van der Waals surface area contributed by atoms with E-state index in [9.17, 15) is 14.0 Å². The SMILES string of the molecule is O=C(NCCCNC(=O)c1ccc(F)cc1)NC1CCCN(C2CCCCC2)C1. The number of carbonyl (C=O) groups excluding carboxylic acids is 2. The highest BCUT2D eigenvalue weighted by Crippen LogP contribution is 2.25. The second-order valence-electron chi connectivity index (χ2n) is 8.14. The molecule has 1 saturated heterocycles. The Kier molecular flexibility index (Phi) is 8.28. The molecule has 1 aliphatic heterocycles. The van der Waals surface area contributed by atoms with E-state index < -0.39 is 0 Å². The number of likely N-dealkylation sites (tertiary alicyclic amines) is 1. The number of hydrogen-bond acceptors (Lipinski definition) is 3. The third kappa shape index (κ3) is 6.99.